The molecule has 0 aliphatic carbocycles. The van der Waals surface area contributed by atoms with E-state index in [1.165, 1.54) is 18.2 Å². The van der Waals surface area contributed by atoms with Gasteiger partial charge in [0.25, 0.3) is 11.6 Å². The van der Waals surface area contributed by atoms with Crippen molar-refractivity contribution in [2.24, 2.45) is 0 Å². The van der Waals surface area contributed by atoms with Gasteiger partial charge in [0.05, 0.1) is 11.5 Å². The average Bonchev–Trinajstić information content (AvgIpc) is 2.45. The Morgan fingerprint density at radius 2 is 1.90 bits per heavy atom. The molecule has 8 heteroatoms. The minimum absolute atomic E-state index is 0.132. The molecule has 0 saturated heterocycles. The van der Waals surface area contributed by atoms with Crippen molar-refractivity contribution in [3.05, 3.63) is 33.9 Å². The molecule has 2 amide bonds. The van der Waals surface area contributed by atoms with Crippen molar-refractivity contribution in [2.75, 3.05) is 25.0 Å². The van der Waals surface area contributed by atoms with Crippen LogP contribution in [0.3, 0.4) is 0 Å². The maximum absolute atomic E-state index is 11.9. The van der Waals surface area contributed by atoms with E-state index in [1.807, 2.05) is 6.92 Å². The third kappa shape index (κ3) is 4.75. The first-order chi connectivity index (χ1) is 9.99. The van der Waals surface area contributed by atoms with Crippen molar-refractivity contribution in [3.8, 4) is 0 Å². The molecule has 0 unspecified atom stereocenters. The van der Waals surface area contributed by atoms with Gasteiger partial charge in [0.1, 0.15) is 5.69 Å². The lowest BCUT2D eigenvalue weighted by Crippen LogP contribution is -2.36. The molecule has 1 aromatic rings. The van der Waals surface area contributed by atoms with Gasteiger partial charge in [-0.2, -0.15) is 0 Å². The Morgan fingerprint density at radius 1 is 1.19 bits per heavy atom. The predicted octanol–water partition coefficient (Wildman–Crippen LogP) is 0.892. The van der Waals surface area contributed by atoms with Gasteiger partial charge in [-0.05, 0) is 26.0 Å². The lowest BCUT2D eigenvalue weighted by atomic mass is 10.1. The van der Waals surface area contributed by atoms with Crippen LogP contribution in [0.4, 0.5) is 11.4 Å². The van der Waals surface area contributed by atoms with Crippen LogP contribution in [0.25, 0.3) is 0 Å². The third-order valence-electron chi connectivity index (χ3n) is 2.61. The molecule has 0 saturated carbocycles. The van der Waals surface area contributed by atoms with Gasteiger partial charge in [-0.1, -0.05) is 0 Å². The number of hydrogen-bond donors (Lipinski definition) is 3. The summed E-state index contributed by atoms with van der Waals surface area (Å²) in [6.07, 6.45) is 0. The first-order valence-corrected chi connectivity index (χ1v) is 6.56. The van der Waals surface area contributed by atoms with Crippen LogP contribution < -0.4 is 16.0 Å². The molecule has 0 heterocycles. The number of carbonyl (C=O) groups is 2. The third-order valence-corrected chi connectivity index (χ3v) is 2.61. The Bertz CT molecular complexity index is 545. The Hall–Kier alpha value is -2.64. The predicted molar refractivity (Wildman–Crippen MR) is 78.3 cm³/mol. The number of nitrogens with zero attached hydrogens (tertiary/aromatic N) is 1. The SMILES string of the molecule is CCNC(=O)CNC(=O)c1ccc(NCC)c([N+](=O)[O-])c1. The fourth-order valence-electron chi connectivity index (χ4n) is 1.69. The van der Waals surface area contributed by atoms with Crippen LogP contribution in [0.1, 0.15) is 24.2 Å². The smallest absolute Gasteiger partial charge is 0.293 e. The number of anilines is 1. The number of carbonyl (C=O) groups excluding carboxylic acids is 2. The molecule has 3 N–H and O–H groups in total. The molecule has 0 aromatic heterocycles. The number of likely N-dealkylation sites (N-methyl/N-ethyl adjacent to an activating group) is 1. The summed E-state index contributed by atoms with van der Waals surface area (Å²) in [5.41, 5.74) is 0.304. The van der Waals surface area contributed by atoms with Crippen LogP contribution in [0.5, 0.6) is 0 Å². The van der Waals surface area contributed by atoms with E-state index in [4.69, 9.17) is 0 Å². The number of nitro groups is 1. The second-order valence-electron chi connectivity index (χ2n) is 4.16. The normalized spacial score (nSPS) is 9.81. The molecule has 0 atom stereocenters. The van der Waals surface area contributed by atoms with Crippen molar-refractivity contribution in [1.82, 2.24) is 10.6 Å². The Kier molecular flexibility index (Phi) is 6.12. The average molecular weight is 294 g/mol. The molecule has 0 radical (unpaired) electrons. The first-order valence-electron chi connectivity index (χ1n) is 6.56. The highest BCUT2D eigenvalue weighted by Crippen LogP contribution is 2.25. The van der Waals surface area contributed by atoms with Crippen LogP contribution in [0, 0.1) is 10.1 Å². The standard InChI is InChI=1S/C13H18N4O4/c1-3-14-10-6-5-9(7-11(10)17(20)21)13(19)16-8-12(18)15-4-2/h5-7,14H,3-4,8H2,1-2H3,(H,15,18)(H,16,19). The fraction of sp³-hybridized carbons (Fsp3) is 0.385. The number of hydrogen-bond acceptors (Lipinski definition) is 5. The van der Waals surface area contributed by atoms with E-state index >= 15 is 0 Å². The molecule has 0 spiro atoms. The highest BCUT2D eigenvalue weighted by atomic mass is 16.6. The number of nitro benzene ring substituents is 1. The van der Waals surface area contributed by atoms with Crippen LogP contribution in [-0.2, 0) is 4.79 Å². The van der Waals surface area contributed by atoms with Crippen LogP contribution in [0.2, 0.25) is 0 Å². The lowest BCUT2D eigenvalue weighted by molar-refractivity contribution is -0.384. The van der Waals surface area contributed by atoms with Crippen molar-refractivity contribution in [3.63, 3.8) is 0 Å². The molecule has 0 fully saturated rings. The molecule has 0 aliphatic rings. The molecule has 21 heavy (non-hydrogen) atoms. The lowest BCUT2D eigenvalue weighted by Gasteiger charge is -2.08. The Labute approximate surface area is 122 Å². The Balaban J connectivity index is 2.83. The minimum Gasteiger partial charge on any atom is -0.380 e. The number of rotatable bonds is 7. The van der Waals surface area contributed by atoms with Crippen LogP contribution in [-0.4, -0.2) is 36.4 Å². The maximum atomic E-state index is 11.9. The molecule has 0 bridgehead atoms. The van der Waals surface area contributed by atoms with E-state index in [-0.39, 0.29) is 23.7 Å². The molecule has 1 aromatic carbocycles. The summed E-state index contributed by atoms with van der Waals surface area (Å²) >= 11 is 0. The minimum atomic E-state index is -0.557. The zero-order valence-electron chi connectivity index (χ0n) is 11.9. The van der Waals surface area contributed by atoms with Gasteiger partial charge in [0.2, 0.25) is 5.91 Å². The summed E-state index contributed by atoms with van der Waals surface area (Å²) in [6.45, 7) is 4.41. The van der Waals surface area contributed by atoms with E-state index in [2.05, 4.69) is 16.0 Å². The Morgan fingerprint density at radius 3 is 2.48 bits per heavy atom. The summed E-state index contributed by atoms with van der Waals surface area (Å²) < 4.78 is 0. The summed E-state index contributed by atoms with van der Waals surface area (Å²) in [7, 11) is 0. The maximum Gasteiger partial charge on any atom is 0.293 e. The van der Waals surface area contributed by atoms with Gasteiger partial charge >= 0.3 is 0 Å². The van der Waals surface area contributed by atoms with Gasteiger partial charge in [-0.15, -0.1) is 0 Å². The molecule has 0 aliphatic heterocycles. The van der Waals surface area contributed by atoms with E-state index in [0.717, 1.165) is 0 Å². The topological polar surface area (TPSA) is 113 Å². The zero-order valence-corrected chi connectivity index (χ0v) is 11.9. The van der Waals surface area contributed by atoms with E-state index in [1.54, 1.807) is 6.92 Å². The summed E-state index contributed by atoms with van der Waals surface area (Å²) in [5.74, 6) is -0.850. The van der Waals surface area contributed by atoms with E-state index in [9.17, 15) is 19.7 Å². The van der Waals surface area contributed by atoms with Gasteiger partial charge in [-0.25, -0.2) is 0 Å². The van der Waals surface area contributed by atoms with E-state index in [0.29, 0.717) is 18.8 Å². The quantitative estimate of drug-likeness (QED) is 0.510. The largest absolute Gasteiger partial charge is 0.380 e. The van der Waals surface area contributed by atoms with Crippen LogP contribution in [0.15, 0.2) is 18.2 Å². The van der Waals surface area contributed by atoms with Gasteiger partial charge in [0, 0.05) is 24.7 Å². The second-order valence-corrected chi connectivity index (χ2v) is 4.16. The molecule has 114 valence electrons. The zero-order chi connectivity index (χ0) is 15.8. The van der Waals surface area contributed by atoms with Crippen molar-refractivity contribution in [2.45, 2.75) is 13.8 Å². The highest BCUT2D eigenvalue weighted by molar-refractivity contribution is 5.97. The van der Waals surface area contributed by atoms with Crippen molar-refractivity contribution in [1.29, 1.82) is 0 Å². The summed E-state index contributed by atoms with van der Waals surface area (Å²) in [4.78, 5) is 33.5. The van der Waals surface area contributed by atoms with Crippen molar-refractivity contribution < 1.29 is 14.5 Å². The molecular formula is C13H18N4O4. The number of benzene rings is 1. The number of nitrogens with one attached hydrogen (secondary N) is 3. The summed E-state index contributed by atoms with van der Waals surface area (Å²) in [6, 6.07) is 4.13. The molecular weight excluding hydrogens is 276 g/mol. The van der Waals surface area contributed by atoms with Crippen molar-refractivity contribution >= 4 is 23.2 Å². The molecule has 8 nitrogen and oxygen atoms in total. The molecule has 1 rings (SSSR count). The summed E-state index contributed by atoms with van der Waals surface area (Å²) in [5, 5.41) is 18.8. The highest BCUT2D eigenvalue weighted by Gasteiger charge is 2.17. The monoisotopic (exact) mass is 294 g/mol. The number of amides is 2. The first kappa shape index (κ1) is 16.4. The van der Waals surface area contributed by atoms with Gasteiger partial charge in [0.15, 0.2) is 0 Å². The fourth-order valence-corrected chi connectivity index (χ4v) is 1.69. The second kappa shape index (κ2) is 7.83. The van der Waals surface area contributed by atoms with Gasteiger partial charge < -0.3 is 16.0 Å². The van der Waals surface area contributed by atoms with Crippen LogP contribution >= 0.6 is 0 Å². The van der Waals surface area contributed by atoms with E-state index < -0.39 is 10.8 Å². The van der Waals surface area contributed by atoms with Gasteiger partial charge in [-0.3, -0.25) is 19.7 Å².